The minimum atomic E-state index is 0.515. The third-order valence-corrected chi connectivity index (χ3v) is 4.00. The standard InChI is InChI=1S/C20H14N4/c21-10-15-11-22-12-17(14-6-2-1-3-7-14)20(15)24-19-13-23-18-9-5-4-8-16(18)19/h1-9,11-13,23H,(H,22,24). The molecule has 0 aliphatic heterocycles. The zero-order chi connectivity index (χ0) is 16.4. The van der Waals surface area contributed by atoms with Gasteiger partial charge in [0.25, 0.3) is 0 Å². The second kappa shape index (κ2) is 5.90. The second-order valence-corrected chi connectivity index (χ2v) is 5.46. The number of rotatable bonds is 3. The molecule has 4 nitrogen and oxygen atoms in total. The summed E-state index contributed by atoms with van der Waals surface area (Å²) >= 11 is 0. The molecule has 2 aromatic heterocycles. The Labute approximate surface area is 139 Å². The fraction of sp³-hybridized carbons (Fsp3) is 0. The van der Waals surface area contributed by atoms with Gasteiger partial charge in [0.05, 0.1) is 16.9 Å². The van der Waals surface area contributed by atoms with Gasteiger partial charge in [0, 0.05) is 35.1 Å². The molecule has 0 spiro atoms. The minimum Gasteiger partial charge on any atom is -0.359 e. The number of nitrogens with zero attached hydrogens (tertiary/aromatic N) is 2. The molecule has 0 radical (unpaired) electrons. The van der Waals surface area contributed by atoms with Crippen molar-refractivity contribution in [3.05, 3.63) is 78.8 Å². The highest BCUT2D eigenvalue weighted by Gasteiger charge is 2.13. The van der Waals surface area contributed by atoms with Crippen LogP contribution in [0.15, 0.2) is 73.2 Å². The monoisotopic (exact) mass is 310 g/mol. The van der Waals surface area contributed by atoms with E-state index in [0.717, 1.165) is 33.4 Å². The van der Waals surface area contributed by atoms with Gasteiger partial charge in [0.2, 0.25) is 0 Å². The summed E-state index contributed by atoms with van der Waals surface area (Å²) in [4.78, 5) is 7.46. The Hall–Kier alpha value is -3.58. The summed E-state index contributed by atoms with van der Waals surface area (Å²) in [5.74, 6) is 0. The minimum absolute atomic E-state index is 0.515. The number of para-hydroxylation sites is 1. The molecule has 0 aliphatic carbocycles. The number of nitrogens with one attached hydrogen (secondary N) is 2. The molecule has 0 aliphatic rings. The second-order valence-electron chi connectivity index (χ2n) is 5.46. The molecule has 2 aromatic carbocycles. The lowest BCUT2D eigenvalue weighted by Crippen LogP contribution is -1.97. The molecule has 0 unspecified atom stereocenters. The van der Waals surface area contributed by atoms with Crippen LogP contribution >= 0.6 is 0 Å². The van der Waals surface area contributed by atoms with E-state index in [4.69, 9.17) is 0 Å². The lowest BCUT2D eigenvalue weighted by Gasteiger charge is -2.13. The van der Waals surface area contributed by atoms with Gasteiger partial charge in [-0.3, -0.25) is 4.98 Å². The molecule has 4 rings (SSSR count). The van der Waals surface area contributed by atoms with Crippen LogP contribution < -0.4 is 5.32 Å². The number of aromatic amines is 1. The van der Waals surface area contributed by atoms with Crippen molar-refractivity contribution in [2.24, 2.45) is 0 Å². The van der Waals surface area contributed by atoms with Crippen molar-refractivity contribution in [3.63, 3.8) is 0 Å². The van der Waals surface area contributed by atoms with E-state index in [2.05, 4.69) is 21.4 Å². The summed E-state index contributed by atoms with van der Waals surface area (Å²) in [5.41, 5.74) is 5.19. The number of anilines is 2. The van der Waals surface area contributed by atoms with Crippen molar-refractivity contribution >= 4 is 22.3 Å². The molecule has 0 saturated heterocycles. The summed E-state index contributed by atoms with van der Waals surface area (Å²) in [5, 5.41) is 14.0. The largest absolute Gasteiger partial charge is 0.359 e. The number of aromatic nitrogens is 2. The molecule has 0 amide bonds. The number of H-pyrrole nitrogens is 1. The predicted octanol–water partition coefficient (Wildman–Crippen LogP) is 4.85. The Balaban J connectivity index is 1.87. The molecular formula is C20H14N4. The Morgan fingerprint density at radius 2 is 1.75 bits per heavy atom. The van der Waals surface area contributed by atoms with Crippen LogP contribution in [-0.4, -0.2) is 9.97 Å². The summed E-state index contributed by atoms with van der Waals surface area (Å²) < 4.78 is 0. The molecule has 0 saturated carbocycles. The number of fused-ring (bicyclic) bond motifs is 1. The van der Waals surface area contributed by atoms with Crippen LogP contribution in [0.4, 0.5) is 11.4 Å². The van der Waals surface area contributed by atoms with Crippen molar-refractivity contribution in [2.45, 2.75) is 0 Å². The van der Waals surface area contributed by atoms with Gasteiger partial charge >= 0.3 is 0 Å². The first-order valence-electron chi connectivity index (χ1n) is 7.63. The van der Waals surface area contributed by atoms with Gasteiger partial charge in [0.15, 0.2) is 0 Å². The molecule has 24 heavy (non-hydrogen) atoms. The first-order chi connectivity index (χ1) is 11.9. The number of benzene rings is 2. The van der Waals surface area contributed by atoms with Crippen LogP contribution in [0.2, 0.25) is 0 Å². The lowest BCUT2D eigenvalue weighted by molar-refractivity contribution is 1.30. The van der Waals surface area contributed by atoms with Crippen molar-refractivity contribution in [1.29, 1.82) is 5.26 Å². The van der Waals surface area contributed by atoms with Gasteiger partial charge in [0.1, 0.15) is 6.07 Å². The van der Waals surface area contributed by atoms with E-state index in [1.165, 1.54) is 0 Å². The molecule has 2 heterocycles. The van der Waals surface area contributed by atoms with Gasteiger partial charge in [-0.05, 0) is 11.6 Å². The maximum Gasteiger partial charge on any atom is 0.103 e. The van der Waals surface area contributed by atoms with Crippen molar-refractivity contribution in [3.8, 4) is 17.2 Å². The molecule has 114 valence electrons. The van der Waals surface area contributed by atoms with E-state index in [1.54, 1.807) is 12.4 Å². The molecule has 0 bridgehead atoms. The Bertz CT molecular complexity index is 1040. The fourth-order valence-corrected chi connectivity index (χ4v) is 2.83. The quantitative estimate of drug-likeness (QED) is 0.569. The van der Waals surface area contributed by atoms with Crippen molar-refractivity contribution in [2.75, 3.05) is 5.32 Å². The van der Waals surface area contributed by atoms with Crippen LogP contribution in [-0.2, 0) is 0 Å². The maximum absolute atomic E-state index is 9.49. The van der Waals surface area contributed by atoms with Gasteiger partial charge < -0.3 is 10.3 Å². The zero-order valence-electron chi connectivity index (χ0n) is 12.8. The highest BCUT2D eigenvalue weighted by molar-refractivity contribution is 5.96. The average molecular weight is 310 g/mol. The van der Waals surface area contributed by atoms with E-state index in [0.29, 0.717) is 5.56 Å². The summed E-state index contributed by atoms with van der Waals surface area (Å²) in [6.45, 7) is 0. The summed E-state index contributed by atoms with van der Waals surface area (Å²) in [6.07, 6.45) is 5.29. The molecule has 4 aromatic rings. The maximum atomic E-state index is 9.49. The molecule has 0 fully saturated rings. The lowest BCUT2D eigenvalue weighted by atomic mass is 10.0. The summed E-state index contributed by atoms with van der Waals surface area (Å²) in [7, 11) is 0. The fourth-order valence-electron chi connectivity index (χ4n) is 2.83. The van der Waals surface area contributed by atoms with Gasteiger partial charge in [-0.25, -0.2) is 0 Å². The third kappa shape index (κ3) is 2.38. The zero-order valence-corrected chi connectivity index (χ0v) is 12.8. The number of nitriles is 1. The van der Waals surface area contributed by atoms with Crippen molar-refractivity contribution in [1.82, 2.24) is 9.97 Å². The molecule has 0 atom stereocenters. The van der Waals surface area contributed by atoms with E-state index in [1.807, 2.05) is 60.8 Å². The van der Waals surface area contributed by atoms with Crippen LogP contribution in [0.1, 0.15) is 5.56 Å². The Morgan fingerprint density at radius 1 is 0.958 bits per heavy atom. The highest BCUT2D eigenvalue weighted by atomic mass is 14.9. The predicted molar refractivity (Wildman–Crippen MR) is 96.0 cm³/mol. The van der Waals surface area contributed by atoms with Crippen LogP contribution in [0.3, 0.4) is 0 Å². The molecule has 4 heteroatoms. The van der Waals surface area contributed by atoms with E-state index in [-0.39, 0.29) is 0 Å². The van der Waals surface area contributed by atoms with E-state index >= 15 is 0 Å². The van der Waals surface area contributed by atoms with Crippen LogP contribution in [0.5, 0.6) is 0 Å². The van der Waals surface area contributed by atoms with Gasteiger partial charge in [-0.2, -0.15) is 5.26 Å². The third-order valence-electron chi connectivity index (χ3n) is 4.00. The SMILES string of the molecule is N#Cc1cncc(-c2ccccc2)c1Nc1c[nH]c2ccccc12. The molecular weight excluding hydrogens is 296 g/mol. The highest BCUT2D eigenvalue weighted by Crippen LogP contribution is 2.34. The van der Waals surface area contributed by atoms with Gasteiger partial charge in [-0.1, -0.05) is 48.5 Å². The topological polar surface area (TPSA) is 64.5 Å². The Morgan fingerprint density at radius 3 is 2.58 bits per heavy atom. The van der Waals surface area contributed by atoms with Crippen LogP contribution in [0, 0.1) is 11.3 Å². The first-order valence-corrected chi connectivity index (χ1v) is 7.63. The number of pyridine rings is 1. The molecule has 2 N–H and O–H groups in total. The normalized spacial score (nSPS) is 10.5. The van der Waals surface area contributed by atoms with Crippen LogP contribution in [0.25, 0.3) is 22.0 Å². The van der Waals surface area contributed by atoms with E-state index in [9.17, 15) is 5.26 Å². The van der Waals surface area contributed by atoms with Crippen molar-refractivity contribution < 1.29 is 0 Å². The first kappa shape index (κ1) is 14.0. The van der Waals surface area contributed by atoms with E-state index < -0.39 is 0 Å². The van der Waals surface area contributed by atoms with Gasteiger partial charge in [-0.15, -0.1) is 0 Å². The summed E-state index contributed by atoms with van der Waals surface area (Å²) in [6, 6.07) is 20.2. The smallest absolute Gasteiger partial charge is 0.103 e. The average Bonchev–Trinajstić information content (AvgIpc) is 3.06. The Kier molecular flexibility index (Phi) is 3.45. The number of hydrogen-bond donors (Lipinski definition) is 2. The number of hydrogen-bond acceptors (Lipinski definition) is 3.